The van der Waals surface area contributed by atoms with Gasteiger partial charge in [0.15, 0.2) is 5.82 Å². The van der Waals surface area contributed by atoms with Crippen LogP contribution < -0.4 is 5.48 Å². The van der Waals surface area contributed by atoms with E-state index in [0.29, 0.717) is 16.7 Å². The van der Waals surface area contributed by atoms with Gasteiger partial charge in [0.2, 0.25) is 0 Å². The van der Waals surface area contributed by atoms with Crippen molar-refractivity contribution >= 4 is 23.2 Å². The predicted molar refractivity (Wildman–Crippen MR) is 54.2 cm³/mol. The van der Waals surface area contributed by atoms with Crippen molar-refractivity contribution in [3.05, 3.63) is 17.5 Å². The number of fused-ring (bicyclic) bond motifs is 1. The summed E-state index contributed by atoms with van der Waals surface area (Å²) in [5, 5.41) is 4.22. The summed E-state index contributed by atoms with van der Waals surface area (Å²) in [6.07, 6.45) is 6.39. The largest absolute Gasteiger partial charge is 0.262 e. The third kappa shape index (κ3) is 1.98. The van der Waals surface area contributed by atoms with Gasteiger partial charge in [-0.1, -0.05) is 17.5 Å². The summed E-state index contributed by atoms with van der Waals surface area (Å²) < 4.78 is 1.45. The molecule has 0 saturated carbocycles. The van der Waals surface area contributed by atoms with Gasteiger partial charge in [0.25, 0.3) is 5.78 Å². The number of anilines is 1. The number of rotatable bonds is 3. The first-order valence-corrected chi connectivity index (χ1v) is 4.36. The second-order valence-electron chi connectivity index (χ2n) is 2.53. The first kappa shape index (κ1) is 9.71. The fraction of sp³-hybridized carbons (Fsp3) is 0.125. The van der Waals surface area contributed by atoms with Crippen LogP contribution in [-0.4, -0.2) is 26.2 Å². The van der Waals surface area contributed by atoms with Gasteiger partial charge in [-0.15, -0.1) is 6.42 Å². The van der Waals surface area contributed by atoms with Gasteiger partial charge in [-0.2, -0.15) is 19.6 Å². The van der Waals surface area contributed by atoms with Crippen molar-refractivity contribution in [2.75, 3.05) is 12.1 Å². The summed E-state index contributed by atoms with van der Waals surface area (Å²) in [7, 11) is 0. The molecule has 2 aromatic rings. The molecule has 0 amide bonds. The molecule has 0 unspecified atom stereocenters. The SMILES string of the molecule is C#CCONc1cc(Cl)nc2ncnn12. The molecular weight excluding hydrogens is 218 g/mol. The molecule has 0 saturated heterocycles. The second-order valence-corrected chi connectivity index (χ2v) is 2.92. The molecule has 2 rings (SSSR count). The van der Waals surface area contributed by atoms with Crippen LogP contribution in [0.1, 0.15) is 0 Å². The minimum Gasteiger partial charge on any atom is -0.262 e. The summed E-state index contributed by atoms with van der Waals surface area (Å²) in [6, 6.07) is 1.56. The zero-order chi connectivity index (χ0) is 10.7. The quantitative estimate of drug-likeness (QED) is 0.360. The minimum atomic E-state index is 0.135. The van der Waals surface area contributed by atoms with E-state index in [1.54, 1.807) is 6.07 Å². The number of hydrogen-bond donors (Lipinski definition) is 1. The Morgan fingerprint density at radius 2 is 2.53 bits per heavy atom. The van der Waals surface area contributed by atoms with E-state index in [2.05, 4.69) is 26.5 Å². The monoisotopic (exact) mass is 223 g/mol. The van der Waals surface area contributed by atoms with Gasteiger partial charge in [-0.3, -0.25) is 4.84 Å². The van der Waals surface area contributed by atoms with Crippen LogP contribution in [0.5, 0.6) is 0 Å². The molecular formula is C8H6ClN5O. The number of aromatic nitrogens is 4. The third-order valence-electron chi connectivity index (χ3n) is 1.55. The molecule has 2 aromatic heterocycles. The maximum Gasteiger partial charge on any atom is 0.255 e. The van der Waals surface area contributed by atoms with Gasteiger partial charge in [-0.05, 0) is 0 Å². The molecule has 15 heavy (non-hydrogen) atoms. The van der Waals surface area contributed by atoms with E-state index in [9.17, 15) is 0 Å². The molecule has 1 N–H and O–H groups in total. The Morgan fingerprint density at radius 1 is 1.67 bits per heavy atom. The molecule has 0 spiro atoms. The van der Waals surface area contributed by atoms with Crippen LogP contribution in [0.4, 0.5) is 5.82 Å². The van der Waals surface area contributed by atoms with Gasteiger partial charge >= 0.3 is 0 Å². The van der Waals surface area contributed by atoms with Crippen molar-refractivity contribution in [3.63, 3.8) is 0 Å². The zero-order valence-electron chi connectivity index (χ0n) is 7.51. The molecule has 2 heterocycles. The maximum atomic E-state index is 5.77. The summed E-state index contributed by atoms with van der Waals surface area (Å²) in [5.41, 5.74) is 2.61. The molecule has 0 bridgehead atoms. The number of nitrogens with one attached hydrogen (secondary N) is 1. The van der Waals surface area contributed by atoms with Gasteiger partial charge in [0.1, 0.15) is 18.1 Å². The van der Waals surface area contributed by atoms with Gasteiger partial charge in [0.05, 0.1) is 0 Å². The van der Waals surface area contributed by atoms with Crippen molar-refractivity contribution in [2.45, 2.75) is 0 Å². The van der Waals surface area contributed by atoms with Crippen LogP contribution in [0.25, 0.3) is 5.78 Å². The Hall–Kier alpha value is -1.84. The molecule has 0 atom stereocenters. The Bertz CT molecular complexity index is 517. The first-order valence-electron chi connectivity index (χ1n) is 3.99. The summed E-state index contributed by atoms with van der Waals surface area (Å²) in [6.45, 7) is 0.135. The number of terminal acetylenes is 1. The Kier molecular flexibility index (Phi) is 2.67. The fourth-order valence-corrected chi connectivity index (χ4v) is 1.19. The molecule has 7 heteroatoms. The van der Waals surface area contributed by atoms with E-state index < -0.39 is 0 Å². The van der Waals surface area contributed by atoms with Gasteiger partial charge in [0, 0.05) is 6.07 Å². The lowest BCUT2D eigenvalue weighted by atomic mass is 10.6. The minimum absolute atomic E-state index is 0.135. The van der Waals surface area contributed by atoms with Crippen molar-refractivity contribution < 1.29 is 4.84 Å². The van der Waals surface area contributed by atoms with Crippen molar-refractivity contribution in [3.8, 4) is 12.3 Å². The van der Waals surface area contributed by atoms with E-state index >= 15 is 0 Å². The van der Waals surface area contributed by atoms with Crippen molar-refractivity contribution in [2.24, 2.45) is 0 Å². The predicted octanol–water partition coefficient (Wildman–Crippen LogP) is 0.754. The Balaban J connectivity index is 2.32. The molecule has 0 radical (unpaired) electrons. The van der Waals surface area contributed by atoms with Crippen LogP contribution in [0.3, 0.4) is 0 Å². The average Bonchev–Trinajstić information content (AvgIpc) is 2.65. The van der Waals surface area contributed by atoms with Crippen LogP contribution in [0.15, 0.2) is 12.4 Å². The Labute approximate surface area is 90.2 Å². The smallest absolute Gasteiger partial charge is 0.255 e. The summed E-state index contributed by atoms with van der Waals surface area (Å²) in [5.74, 6) is 3.21. The molecule has 76 valence electrons. The molecule has 0 fully saturated rings. The highest BCUT2D eigenvalue weighted by atomic mass is 35.5. The second kappa shape index (κ2) is 4.13. The summed E-state index contributed by atoms with van der Waals surface area (Å²) >= 11 is 5.77. The zero-order valence-corrected chi connectivity index (χ0v) is 8.27. The van der Waals surface area contributed by atoms with Crippen molar-refractivity contribution in [1.29, 1.82) is 0 Å². The van der Waals surface area contributed by atoms with Crippen LogP contribution in [0, 0.1) is 12.3 Å². The molecule has 0 aliphatic heterocycles. The van der Waals surface area contributed by atoms with E-state index in [1.165, 1.54) is 10.8 Å². The highest BCUT2D eigenvalue weighted by Crippen LogP contribution is 2.13. The average molecular weight is 224 g/mol. The van der Waals surface area contributed by atoms with Crippen LogP contribution >= 0.6 is 11.6 Å². The highest BCUT2D eigenvalue weighted by Gasteiger charge is 2.05. The molecule has 6 nitrogen and oxygen atoms in total. The van der Waals surface area contributed by atoms with E-state index in [-0.39, 0.29) is 6.61 Å². The van der Waals surface area contributed by atoms with E-state index in [1.807, 2.05) is 0 Å². The lowest BCUT2D eigenvalue weighted by Gasteiger charge is -2.05. The van der Waals surface area contributed by atoms with Crippen LogP contribution in [-0.2, 0) is 4.84 Å². The van der Waals surface area contributed by atoms with Gasteiger partial charge in [-0.25, -0.2) is 5.48 Å². The van der Waals surface area contributed by atoms with Crippen molar-refractivity contribution in [1.82, 2.24) is 19.6 Å². The van der Waals surface area contributed by atoms with E-state index in [0.717, 1.165) is 0 Å². The molecule has 0 aliphatic rings. The summed E-state index contributed by atoms with van der Waals surface area (Å²) in [4.78, 5) is 12.8. The fourth-order valence-electron chi connectivity index (χ4n) is 1.01. The molecule has 0 aromatic carbocycles. The van der Waals surface area contributed by atoms with Crippen LogP contribution in [0.2, 0.25) is 5.15 Å². The number of halogens is 1. The highest BCUT2D eigenvalue weighted by molar-refractivity contribution is 6.29. The van der Waals surface area contributed by atoms with E-state index in [4.69, 9.17) is 22.9 Å². The molecule has 0 aliphatic carbocycles. The number of nitrogens with zero attached hydrogens (tertiary/aromatic N) is 4. The topological polar surface area (TPSA) is 64.3 Å². The first-order chi connectivity index (χ1) is 7.31. The standard InChI is InChI=1S/C8H6ClN5O/c1-2-3-15-13-7-4-6(9)12-8-10-5-11-14(7)8/h1,4-5,13H,3H2. The van der Waals surface area contributed by atoms with Gasteiger partial charge < -0.3 is 0 Å². The maximum absolute atomic E-state index is 5.77. The normalized spacial score (nSPS) is 10.1. The lowest BCUT2D eigenvalue weighted by molar-refractivity contribution is 0.231. The third-order valence-corrected chi connectivity index (χ3v) is 1.75. The lowest BCUT2D eigenvalue weighted by Crippen LogP contribution is -2.07. The number of hydrogen-bond acceptors (Lipinski definition) is 5. The Morgan fingerprint density at radius 3 is 3.33 bits per heavy atom.